The Bertz CT molecular complexity index is 2330. The number of piperidine rings is 1. The molecule has 2 fully saturated rings. The van der Waals surface area contributed by atoms with Crippen LogP contribution in [0, 0.1) is 18.3 Å². The van der Waals surface area contributed by atoms with Crippen molar-refractivity contribution in [1.29, 1.82) is 5.26 Å². The van der Waals surface area contributed by atoms with Gasteiger partial charge in [0.1, 0.15) is 11.8 Å². The van der Waals surface area contributed by atoms with Crippen LogP contribution >= 0.6 is 11.8 Å². The number of imide groups is 3. The van der Waals surface area contributed by atoms with Crippen LogP contribution in [0.2, 0.25) is 0 Å². The molecule has 6 rings (SSSR count). The lowest BCUT2D eigenvalue weighted by atomic mass is 10.0. The zero-order valence-electron chi connectivity index (χ0n) is 36.6. The van der Waals surface area contributed by atoms with E-state index in [9.17, 15) is 28.8 Å². The predicted molar refractivity (Wildman–Crippen MR) is 238 cm³/mol. The average molecular weight is 930 g/mol. The molecule has 1 atom stereocenters. The molecule has 1 unspecified atom stereocenters. The largest absolute Gasteiger partial charge is 0.493 e. The van der Waals surface area contributed by atoms with Crippen LogP contribution in [-0.4, -0.2) is 150 Å². The summed E-state index contributed by atoms with van der Waals surface area (Å²) in [6.45, 7) is 6.33. The number of carbonyl (C=O) groups excluding carboxylic acids is 6. The van der Waals surface area contributed by atoms with Crippen LogP contribution in [0.25, 0.3) is 6.08 Å². The number of nitriles is 1. The quantitative estimate of drug-likeness (QED) is 0.0616. The second-order valence-electron chi connectivity index (χ2n) is 14.7. The average Bonchev–Trinajstić information content (AvgIpc) is 3.72. The number of hydrogen-bond donors (Lipinski definition) is 2. The first kappa shape index (κ1) is 49.3. The first-order valence-corrected chi connectivity index (χ1v) is 22.1. The summed E-state index contributed by atoms with van der Waals surface area (Å²) in [5.41, 5.74) is 2.83. The number of fused-ring (bicyclic) bond motifs is 1. The number of methoxy groups -OCH3 is 1. The molecule has 20 heteroatoms. The molecule has 0 aliphatic carbocycles. The van der Waals surface area contributed by atoms with Crippen LogP contribution in [0.5, 0.6) is 17.2 Å². The molecule has 66 heavy (non-hydrogen) atoms. The molecule has 3 aliphatic heterocycles. The van der Waals surface area contributed by atoms with Gasteiger partial charge in [-0.1, -0.05) is 12.1 Å². The lowest BCUT2D eigenvalue weighted by Gasteiger charge is -2.27. The van der Waals surface area contributed by atoms with Crippen LogP contribution < -0.4 is 20.1 Å². The number of nitrogens with zero attached hydrogens (tertiary/aromatic N) is 3. The van der Waals surface area contributed by atoms with Crippen LogP contribution in [0.4, 0.5) is 10.5 Å². The molecule has 2 saturated heterocycles. The van der Waals surface area contributed by atoms with E-state index in [1.54, 1.807) is 60.7 Å². The molecular weight excluding hydrogens is 879 g/mol. The van der Waals surface area contributed by atoms with Crippen molar-refractivity contribution in [1.82, 2.24) is 15.1 Å². The van der Waals surface area contributed by atoms with Gasteiger partial charge in [0.05, 0.1) is 121 Å². The highest BCUT2D eigenvalue weighted by atomic mass is 32.2. The Kier molecular flexibility index (Phi) is 18.6. The van der Waals surface area contributed by atoms with E-state index in [-0.39, 0.29) is 53.9 Å². The maximum Gasteiger partial charge on any atom is 0.293 e. The van der Waals surface area contributed by atoms with Crippen molar-refractivity contribution in [2.75, 3.05) is 105 Å². The standard InChI is InChI=1S/C46H51N5O14S/c1-30-26-32(29-47)7-9-36(30)65-37-10-6-31(27-38(37)58-2)28-39-44(55)50(46(57)66-39)13-15-60-17-19-62-21-23-64-25-24-63-22-20-61-18-16-59-14-12-48-34-5-3-4-33-41(34)45(56)51(43(33)54)35-8-11-40(52)49-42(35)53/h3-7,9-10,26-28,35,48H,8,11-25H2,1-2H3,(H,49,52,53)/b39-28-. The number of benzene rings is 3. The van der Waals surface area contributed by atoms with Crippen molar-refractivity contribution in [3.05, 3.63) is 87.3 Å². The van der Waals surface area contributed by atoms with Gasteiger partial charge in [-0.05, 0) is 84.8 Å². The first-order chi connectivity index (χ1) is 32.1. The summed E-state index contributed by atoms with van der Waals surface area (Å²) in [5, 5.41) is 14.1. The third kappa shape index (κ3) is 13.2. The van der Waals surface area contributed by atoms with Gasteiger partial charge >= 0.3 is 0 Å². The highest BCUT2D eigenvalue weighted by Crippen LogP contribution is 2.37. The number of nitrogens with one attached hydrogen (secondary N) is 2. The molecule has 3 aromatic carbocycles. The smallest absolute Gasteiger partial charge is 0.293 e. The SMILES string of the molecule is COc1cc(/C=C2\SC(=O)N(CCOCCOCCOCCOCCOCCOCCNc3cccc4c3C(=O)N(C3CCC(=O)NC3=O)C4=O)C2=O)ccc1Oc1ccc(C#N)cc1C. The lowest BCUT2D eigenvalue weighted by molar-refractivity contribution is -0.136. The second kappa shape index (κ2) is 24.9. The van der Waals surface area contributed by atoms with E-state index in [0.29, 0.717) is 107 Å². The van der Waals surface area contributed by atoms with E-state index in [4.69, 9.17) is 43.2 Å². The fraction of sp³-hybridized carbons (Fsp3) is 0.413. The Morgan fingerprint density at radius 1 is 0.758 bits per heavy atom. The molecule has 19 nitrogen and oxygen atoms in total. The van der Waals surface area contributed by atoms with Crippen LogP contribution in [-0.2, 0) is 42.8 Å². The number of amides is 6. The minimum absolute atomic E-state index is 0.0515. The molecule has 2 N–H and O–H groups in total. The first-order valence-electron chi connectivity index (χ1n) is 21.3. The fourth-order valence-electron chi connectivity index (χ4n) is 6.93. The van der Waals surface area contributed by atoms with Gasteiger partial charge in [-0.2, -0.15) is 5.26 Å². The maximum absolute atomic E-state index is 13.2. The Morgan fingerprint density at radius 2 is 1.39 bits per heavy atom. The van der Waals surface area contributed by atoms with E-state index in [1.807, 2.05) is 6.92 Å². The number of anilines is 1. The highest BCUT2D eigenvalue weighted by molar-refractivity contribution is 8.18. The number of rotatable bonds is 27. The topological polar surface area (TPSA) is 231 Å². The molecule has 3 aliphatic rings. The van der Waals surface area contributed by atoms with Gasteiger partial charge in [0.25, 0.3) is 23.0 Å². The van der Waals surface area contributed by atoms with E-state index in [0.717, 1.165) is 27.1 Å². The fourth-order valence-corrected chi connectivity index (χ4v) is 7.80. The molecule has 3 aromatic rings. The molecular formula is C46H51N5O14S. The number of hydrogen-bond acceptors (Lipinski definition) is 17. The molecule has 6 amide bonds. The van der Waals surface area contributed by atoms with Crippen molar-refractivity contribution in [3.8, 4) is 23.3 Å². The summed E-state index contributed by atoms with van der Waals surface area (Å²) in [6, 6.07) is 16.3. The molecule has 350 valence electrons. The third-order valence-corrected chi connectivity index (χ3v) is 11.1. The van der Waals surface area contributed by atoms with E-state index in [2.05, 4.69) is 16.7 Å². The summed E-state index contributed by atoms with van der Waals surface area (Å²) in [7, 11) is 1.51. The molecule has 0 radical (unpaired) electrons. The zero-order valence-corrected chi connectivity index (χ0v) is 37.4. The normalized spacial score (nSPS) is 16.6. The summed E-state index contributed by atoms with van der Waals surface area (Å²) in [4.78, 5) is 78.1. The van der Waals surface area contributed by atoms with Gasteiger partial charge in [-0.25, -0.2) is 0 Å². The third-order valence-electron chi connectivity index (χ3n) is 10.2. The van der Waals surface area contributed by atoms with E-state index >= 15 is 0 Å². The number of aryl methyl sites for hydroxylation is 1. The molecule has 0 spiro atoms. The number of carbonyl (C=O) groups is 6. The summed E-state index contributed by atoms with van der Waals surface area (Å²) < 4.78 is 44.8. The maximum atomic E-state index is 13.2. The molecule has 0 bridgehead atoms. The van der Waals surface area contributed by atoms with Crippen molar-refractivity contribution in [2.45, 2.75) is 25.8 Å². The number of thioether (sulfide) groups is 1. The van der Waals surface area contributed by atoms with Gasteiger partial charge < -0.3 is 43.2 Å². The Balaban J connectivity index is 0.733. The van der Waals surface area contributed by atoms with Crippen LogP contribution in [0.1, 0.15) is 50.2 Å². The minimum atomic E-state index is -1.03. The monoisotopic (exact) mass is 929 g/mol. The van der Waals surface area contributed by atoms with E-state index < -0.39 is 35.6 Å². The molecule has 3 heterocycles. The van der Waals surface area contributed by atoms with Gasteiger partial charge in [-0.3, -0.25) is 43.9 Å². The number of ether oxygens (including phenoxy) is 8. The van der Waals surface area contributed by atoms with Crippen molar-refractivity contribution >= 4 is 58.3 Å². The second-order valence-corrected chi connectivity index (χ2v) is 15.7. The predicted octanol–water partition coefficient (Wildman–Crippen LogP) is 4.32. The Morgan fingerprint density at radius 3 is 2.02 bits per heavy atom. The summed E-state index contributed by atoms with van der Waals surface area (Å²) in [6.07, 6.45) is 1.77. The Hall–Kier alpha value is -6.18. The van der Waals surface area contributed by atoms with Gasteiger partial charge in [0, 0.05) is 18.7 Å². The zero-order chi connectivity index (χ0) is 46.8. The van der Waals surface area contributed by atoms with Crippen molar-refractivity contribution in [2.24, 2.45) is 0 Å². The molecule has 0 saturated carbocycles. The summed E-state index contributed by atoms with van der Waals surface area (Å²) >= 11 is 0.857. The summed E-state index contributed by atoms with van der Waals surface area (Å²) in [5.74, 6) is -1.16. The molecule has 0 aromatic heterocycles. The van der Waals surface area contributed by atoms with Crippen LogP contribution in [0.15, 0.2) is 59.5 Å². The van der Waals surface area contributed by atoms with Crippen LogP contribution in [0.3, 0.4) is 0 Å². The Labute approximate surface area is 385 Å². The van der Waals surface area contributed by atoms with Gasteiger partial charge in [-0.15, -0.1) is 0 Å². The lowest BCUT2D eigenvalue weighted by Crippen LogP contribution is -2.54. The minimum Gasteiger partial charge on any atom is -0.493 e. The van der Waals surface area contributed by atoms with Crippen molar-refractivity contribution < 1.29 is 66.7 Å². The highest BCUT2D eigenvalue weighted by Gasteiger charge is 2.45. The van der Waals surface area contributed by atoms with Crippen molar-refractivity contribution in [3.63, 3.8) is 0 Å². The van der Waals surface area contributed by atoms with Gasteiger partial charge in [0.15, 0.2) is 11.5 Å². The van der Waals surface area contributed by atoms with E-state index in [1.165, 1.54) is 7.11 Å². The van der Waals surface area contributed by atoms with Gasteiger partial charge in [0.2, 0.25) is 11.8 Å².